The maximum atomic E-state index is 5.84. The summed E-state index contributed by atoms with van der Waals surface area (Å²) >= 11 is 11.5. The van der Waals surface area contributed by atoms with Crippen LogP contribution in [0.25, 0.3) is 0 Å². The fourth-order valence-electron chi connectivity index (χ4n) is 0.741. The van der Waals surface area contributed by atoms with Crippen molar-refractivity contribution < 1.29 is 4.84 Å². The van der Waals surface area contributed by atoms with Gasteiger partial charge in [-0.3, -0.25) is 0 Å². The Kier molecular flexibility index (Phi) is 3.75. The molecule has 0 fully saturated rings. The van der Waals surface area contributed by atoms with Crippen LogP contribution in [-0.4, -0.2) is 12.1 Å². The van der Waals surface area contributed by atoms with Gasteiger partial charge >= 0.3 is 0 Å². The molecule has 0 aliphatic rings. The van der Waals surface area contributed by atoms with Gasteiger partial charge in [0.05, 0.1) is 12.1 Å². The lowest BCUT2D eigenvalue weighted by Gasteiger charge is -2.04. The number of pyridine rings is 1. The first-order valence-electron chi connectivity index (χ1n) is 3.30. The zero-order valence-electron chi connectivity index (χ0n) is 6.47. The topological polar surface area (TPSA) is 34.1 Å². The highest BCUT2D eigenvalue weighted by Gasteiger charge is 2.03. The summed E-state index contributed by atoms with van der Waals surface area (Å²) in [5.41, 5.74) is 3.52. The van der Waals surface area contributed by atoms with E-state index < -0.39 is 0 Å². The van der Waals surface area contributed by atoms with E-state index in [4.69, 9.17) is 23.2 Å². The van der Waals surface area contributed by atoms with Crippen LogP contribution in [0.15, 0.2) is 12.3 Å². The van der Waals surface area contributed by atoms with Crippen LogP contribution >= 0.6 is 23.2 Å². The molecule has 0 saturated heterocycles. The van der Waals surface area contributed by atoms with Crippen molar-refractivity contribution in [3.8, 4) is 0 Å². The van der Waals surface area contributed by atoms with Crippen molar-refractivity contribution in [2.45, 2.75) is 6.54 Å². The maximum Gasteiger partial charge on any atom is 0.147 e. The Balaban J connectivity index is 2.78. The fraction of sp³-hybridized carbons (Fsp3) is 0.286. The fourth-order valence-corrected chi connectivity index (χ4v) is 1.10. The van der Waals surface area contributed by atoms with Gasteiger partial charge in [0, 0.05) is 12.7 Å². The van der Waals surface area contributed by atoms with Crippen molar-refractivity contribution >= 4 is 23.2 Å². The van der Waals surface area contributed by atoms with E-state index in [9.17, 15) is 0 Å². The van der Waals surface area contributed by atoms with Crippen molar-refractivity contribution in [3.63, 3.8) is 0 Å². The zero-order valence-corrected chi connectivity index (χ0v) is 7.99. The van der Waals surface area contributed by atoms with Crippen molar-refractivity contribution in [2.24, 2.45) is 0 Å². The Labute approximate surface area is 80.6 Å². The lowest BCUT2D eigenvalue weighted by molar-refractivity contribution is 0.0867. The first-order chi connectivity index (χ1) is 5.75. The van der Waals surface area contributed by atoms with Crippen molar-refractivity contribution in [1.82, 2.24) is 10.5 Å². The molecular weight excluding hydrogens is 199 g/mol. The normalized spacial score (nSPS) is 10.2. The molecule has 0 radical (unpaired) electrons. The summed E-state index contributed by atoms with van der Waals surface area (Å²) in [5.74, 6) is 0. The summed E-state index contributed by atoms with van der Waals surface area (Å²) in [5, 5.41) is 0.774. The Hall–Kier alpha value is -0.350. The SMILES string of the molecule is CONCc1ccnc(Cl)c1Cl. The number of aromatic nitrogens is 1. The number of hydrogen-bond acceptors (Lipinski definition) is 3. The first-order valence-corrected chi connectivity index (χ1v) is 4.06. The quantitative estimate of drug-likeness (QED) is 0.608. The number of nitrogens with zero attached hydrogens (tertiary/aromatic N) is 1. The summed E-state index contributed by atoms with van der Waals surface area (Å²) in [6, 6.07) is 1.78. The number of nitrogens with one attached hydrogen (secondary N) is 1. The number of rotatable bonds is 3. The molecule has 66 valence electrons. The molecule has 5 heteroatoms. The smallest absolute Gasteiger partial charge is 0.147 e. The van der Waals surface area contributed by atoms with Gasteiger partial charge in [-0.1, -0.05) is 23.2 Å². The Morgan fingerprint density at radius 3 is 3.00 bits per heavy atom. The second kappa shape index (κ2) is 4.62. The molecule has 1 heterocycles. The molecular formula is C7H8Cl2N2O. The second-order valence-electron chi connectivity index (χ2n) is 2.10. The summed E-state index contributed by atoms with van der Waals surface area (Å²) in [4.78, 5) is 8.48. The average molecular weight is 207 g/mol. The molecule has 0 bridgehead atoms. The van der Waals surface area contributed by atoms with Crippen LogP contribution in [0.5, 0.6) is 0 Å². The summed E-state index contributed by atoms with van der Waals surface area (Å²) < 4.78 is 0. The molecule has 1 aromatic rings. The van der Waals surface area contributed by atoms with Crippen LogP contribution in [0.2, 0.25) is 10.2 Å². The van der Waals surface area contributed by atoms with Gasteiger partial charge in [-0.2, -0.15) is 5.48 Å². The van der Waals surface area contributed by atoms with E-state index in [1.807, 2.05) is 0 Å². The van der Waals surface area contributed by atoms with Gasteiger partial charge in [0.15, 0.2) is 0 Å². The van der Waals surface area contributed by atoms with E-state index in [2.05, 4.69) is 15.3 Å². The van der Waals surface area contributed by atoms with Gasteiger partial charge in [0.25, 0.3) is 0 Å². The van der Waals surface area contributed by atoms with E-state index in [0.29, 0.717) is 16.7 Å². The lowest BCUT2D eigenvalue weighted by atomic mass is 10.3. The standard InChI is InChI=1S/C7H8Cl2N2O/c1-12-11-4-5-2-3-10-7(9)6(5)8/h2-3,11H,4H2,1H3. The highest BCUT2D eigenvalue weighted by molar-refractivity contribution is 6.41. The van der Waals surface area contributed by atoms with Crippen molar-refractivity contribution in [1.29, 1.82) is 0 Å². The van der Waals surface area contributed by atoms with Crippen LogP contribution in [0.3, 0.4) is 0 Å². The number of halogens is 2. The minimum Gasteiger partial charge on any atom is -0.305 e. The van der Waals surface area contributed by atoms with Crippen LogP contribution in [-0.2, 0) is 11.4 Å². The summed E-state index contributed by atoms with van der Waals surface area (Å²) in [6.45, 7) is 0.511. The highest BCUT2D eigenvalue weighted by Crippen LogP contribution is 2.22. The summed E-state index contributed by atoms with van der Waals surface area (Å²) in [7, 11) is 1.54. The van der Waals surface area contributed by atoms with Gasteiger partial charge in [0.2, 0.25) is 0 Å². The van der Waals surface area contributed by atoms with Crippen LogP contribution in [0.4, 0.5) is 0 Å². The van der Waals surface area contributed by atoms with E-state index in [1.54, 1.807) is 12.3 Å². The molecule has 0 atom stereocenters. The molecule has 0 aliphatic heterocycles. The minimum absolute atomic E-state index is 0.312. The van der Waals surface area contributed by atoms with Gasteiger partial charge < -0.3 is 4.84 Å². The molecule has 0 unspecified atom stereocenters. The molecule has 0 aromatic carbocycles. The van der Waals surface area contributed by atoms with E-state index in [1.165, 1.54) is 7.11 Å². The van der Waals surface area contributed by atoms with E-state index >= 15 is 0 Å². The second-order valence-corrected chi connectivity index (χ2v) is 2.84. The van der Waals surface area contributed by atoms with Crippen molar-refractivity contribution in [2.75, 3.05) is 7.11 Å². The van der Waals surface area contributed by atoms with E-state index in [0.717, 1.165) is 5.56 Å². The van der Waals surface area contributed by atoms with Crippen molar-refractivity contribution in [3.05, 3.63) is 28.0 Å². The van der Waals surface area contributed by atoms with Gasteiger partial charge in [0.1, 0.15) is 5.15 Å². The molecule has 12 heavy (non-hydrogen) atoms. The third kappa shape index (κ3) is 2.32. The van der Waals surface area contributed by atoms with E-state index in [-0.39, 0.29) is 0 Å². The highest BCUT2D eigenvalue weighted by atomic mass is 35.5. The van der Waals surface area contributed by atoms with Gasteiger partial charge in [-0.05, 0) is 11.6 Å². The summed E-state index contributed by atoms with van der Waals surface area (Å²) in [6.07, 6.45) is 1.60. The molecule has 1 N–H and O–H groups in total. The number of hydrogen-bond donors (Lipinski definition) is 1. The minimum atomic E-state index is 0.312. The molecule has 0 saturated carbocycles. The Morgan fingerprint density at radius 1 is 1.58 bits per heavy atom. The molecule has 0 amide bonds. The maximum absolute atomic E-state index is 5.84. The monoisotopic (exact) mass is 206 g/mol. The van der Waals surface area contributed by atoms with Crippen LogP contribution in [0, 0.1) is 0 Å². The predicted octanol–water partition coefficient (Wildman–Crippen LogP) is 2.04. The molecule has 1 aromatic heterocycles. The van der Waals surface area contributed by atoms with Gasteiger partial charge in [-0.25, -0.2) is 4.98 Å². The number of hydroxylamine groups is 1. The Bertz CT molecular complexity index is 268. The first kappa shape index (κ1) is 9.74. The molecule has 0 aliphatic carbocycles. The third-order valence-electron chi connectivity index (χ3n) is 1.33. The zero-order chi connectivity index (χ0) is 8.97. The lowest BCUT2D eigenvalue weighted by Crippen LogP contribution is -2.11. The average Bonchev–Trinajstić information content (AvgIpc) is 2.08. The predicted molar refractivity (Wildman–Crippen MR) is 48.1 cm³/mol. The largest absolute Gasteiger partial charge is 0.305 e. The van der Waals surface area contributed by atoms with Gasteiger partial charge in [-0.15, -0.1) is 0 Å². The molecule has 0 spiro atoms. The van der Waals surface area contributed by atoms with Crippen LogP contribution in [0.1, 0.15) is 5.56 Å². The Morgan fingerprint density at radius 2 is 2.33 bits per heavy atom. The van der Waals surface area contributed by atoms with Crippen LogP contribution < -0.4 is 5.48 Å². The molecule has 1 rings (SSSR count). The third-order valence-corrected chi connectivity index (χ3v) is 2.14. The molecule has 3 nitrogen and oxygen atoms in total.